The average molecular weight is 370 g/mol. The summed E-state index contributed by atoms with van der Waals surface area (Å²) in [5.41, 5.74) is 0. The van der Waals surface area contributed by atoms with E-state index in [-0.39, 0.29) is 5.91 Å². The van der Waals surface area contributed by atoms with Crippen molar-refractivity contribution in [3.8, 4) is 0 Å². The van der Waals surface area contributed by atoms with Crippen LogP contribution in [0.5, 0.6) is 0 Å². The number of carbonyl (C=O) groups is 1. The fraction of sp³-hybridized carbons (Fsp3) is 0.955. The highest BCUT2D eigenvalue weighted by Gasteiger charge is 2.05. The molecule has 0 fully saturated rings. The van der Waals surface area contributed by atoms with Gasteiger partial charge < -0.3 is 15.1 Å². The first kappa shape index (κ1) is 25.4. The predicted molar refractivity (Wildman–Crippen MR) is 115 cm³/mol. The standard InChI is InChI=1S/C22H47N3O/c1-5-7-8-9-10-11-12-13-14-15-17-23-22(26)16-19-25(4)21-20-24(3)18-6-2/h5-21H2,1-4H3,(H,23,26). The topological polar surface area (TPSA) is 35.6 Å². The van der Waals surface area contributed by atoms with E-state index >= 15 is 0 Å². The van der Waals surface area contributed by atoms with Gasteiger partial charge in [0.2, 0.25) is 5.91 Å². The molecule has 0 aromatic heterocycles. The van der Waals surface area contributed by atoms with E-state index in [0.717, 1.165) is 39.1 Å². The smallest absolute Gasteiger partial charge is 0.221 e. The van der Waals surface area contributed by atoms with Gasteiger partial charge >= 0.3 is 0 Å². The molecule has 0 unspecified atom stereocenters. The first-order valence-electron chi connectivity index (χ1n) is 11.2. The van der Waals surface area contributed by atoms with Crippen LogP contribution in [0.2, 0.25) is 0 Å². The largest absolute Gasteiger partial charge is 0.356 e. The lowest BCUT2D eigenvalue weighted by atomic mass is 10.1. The first-order valence-corrected chi connectivity index (χ1v) is 11.2. The van der Waals surface area contributed by atoms with Crippen molar-refractivity contribution in [2.45, 2.75) is 90.9 Å². The van der Waals surface area contributed by atoms with Gasteiger partial charge in [0.15, 0.2) is 0 Å². The van der Waals surface area contributed by atoms with Crippen LogP contribution in [0.4, 0.5) is 0 Å². The van der Waals surface area contributed by atoms with E-state index in [9.17, 15) is 4.79 Å². The second kappa shape index (κ2) is 19.2. The van der Waals surface area contributed by atoms with E-state index in [4.69, 9.17) is 0 Å². The summed E-state index contributed by atoms with van der Waals surface area (Å²) in [7, 11) is 4.27. The molecule has 0 saturated carbocycles. The molecule has 4 heteroatoms. The maximum absolute atomic E-state index is 11.9. The quantitative estimate of drug-likeness (QED) is 0.336. The minimum absolute atomic E-state index is 0.203. The van der Waals surface area contributed by atoms with Gasteiger partial charge in [-0.2, -0.15) is 0 Å². The van der Waals surface area contributed by atoms with Gasteiger partial charge in [0.1, 0.15) is 0 Å². The number of likely N-dealkylation sites (N-methyl/N-ethyl adjacent to an activating group) is 2. The minimum atomic E-state index is 0.203. The van der Waals surface area contributed by atoms with E-state index in [1.54, 1.807) is 0 Å². The lowest BCUT2D eigenvalue weighted by molar-refractivity contribution is -0.121. The zero-order valence-electron chi connectivity index (χ0n) is 18.3. The van der Waals surface area contributed by atoms with Gasteiger partial charge in [0, 0.05) is 32.6 Å². The summed E-state index contributed by atoms with van der Waals surface area (Å²) in [5, 5.41) is 3.07. The van der Waals surface area contributed by atoms with Crippen LogP contribution in [-0.4, -0.2) is 62.5 Å². The Morgan fingerprint density at radius 3 is 1.69 bits per heavy atom. The molecule has 0 bridgehead atoms. The molecule has 0 aliphatic rings. The Hall–Kier alpha value is -0.610. The Morgan fingerprint density at radius 2 is 1.15 bits per heavy atom. The SMILES string of the molecule is CCCCCCCCCCCCNC(=O)CCN(C)CCN(C)CCC. The van der Waals surface area contributed by atoms with Crippen LogP contribution in [-0.2, 0) is 4.79 Å². The van der Waals surface area contributed by atoms with Crippen molar-refractivity contribution >= 4 is 5.91 Å². The zero-order chi connectivity index (χ0) is 19.5. The van der Waals surface area contributed by atoms with Crippen molar-refractivity contribution in [2.24, 2.45) is 0 Å². The summed E-state index contributed by atoms with van der Waals surface area (Å²) in [6.45, 7) is 9.42. The van der Waals surface area contributed by atoms with Crippen LogP contribution in [0, 0.1) is 0 Å². The fourth-order valence-electron chi connectivity index (χ4n) is 3.17. The Morgan fingerprint density at radius 1 is 0.654 bits per heavy atom. The predicted octanol–water partition coefficient (Wildman–Crippen LogP) is 4.69. The van der Waals surface area contributed by atoms with Gasteiger partial charge in [-0.3, -0.25) is 4.79 Å². The molecule has 0 aliphatic carbocycles. The highest BCUT2D eigenvalue weighted by Crippen LogP contribution is 2.10. The molecule has 0 radical (unpaired) electrons. The third kappa shape index (κ3) is 18.2. The molecule has 0 aliphatic heterocycles. The molecular weight excluding hydrogens is 322 g/mol. The zero-order valence-corrected chi connectivity index (χ0v) is 18.3. The van der Waals surface area contributed by atoms with Gasteiger partial charge in [-0.15, -0.1) is 0 Å². The van der Waals surface area contributed by atoms with Crippen molar-refractivity contribution in [3.05, 3.63) is 0 Å². The maximum Gasteiger partial charge on any atom is 0.221 e. The van der Waals surface area contributed by atoms with E-state index in [1.807, 2.05) is 0 Å². The second-order valence-electron chi connectivity index (χ2n) is 7.89. The maximum atomic E-state index is 11.9. The summed E-state index contributed by atoms with van der Waals surface area (Å²) in [4.78, 5) is 16.5. The van der Waals surface area contributed by atoms with E-state index in [1.165, 1.54) is 64.2 Å². The normalized spacial score (nSPS) is 11.5. The number of hydrogen-bond donors (Lipinski definition) is 1. The number of nitrogens with zero attached hydrogens (tertiary/aromatic N) is 2. The molecule has 0 aromatic carbocycles. The number of carbonyl (C=O) groups excluding carboxylic acids is 1. The molecule has 0 spiro atoms. The molecule has 0 atom stereocenters. The van der Waals surface area contributed by atoms with Crippen molar-refractivity contribution in [1.82, 2.24) is 15.1 Å². The van der Waals surface area contributed by atoms with Gasteiger partial charge in [0.05, 0.1) is 0 Å². The second-order valence-corrected chi connectivity index (χ2v) is 7.89. The number of rotatable bonds is 19. The van der Waals surface area contributed by atoms with Gasteiger partial charge in [-0.1, -0.05) is 71.6 Å². The lowest BCUT2D eigenvalue weighted by Crippen LogP contribution is -2.34. The highest BCUT2D eigenvalue weighted by atomic mass is 16.1. The number of unbranched alkanes of at least 4 members (excludes halogenated alkanes) is 9. The highest BCUT2D eigenvalue weighted by molar-refractivity contribution is 5.75. The Kier molecular flexibility index (Phi) is 18.7. The van der Waals surface area contributed by atoms with E-state index < -0.39 is 0 Å². The monoisotopic (exact) mass is 369 g/mol. The van der Waals surface area contributed by atoms with Crippen LogP contribution in [0.1, 0.15) is 90.9 Å². The number of nitrogens with one attached hydrogen (secondary N) is 1. The summed E-state index contributed by atoms with van der Waals surface area (Å²) >= 11 is 0. The molecule has 0 saturated heterocycles. The number of hydrogen-bond acceptors (Lipinski definition) is 3. The molecule has 1 amide bonds. The van der Waals surface area contributed by atoms with Crippen molar-refractivity contribution in [1.29, 1.82) is 0 Å². The average Bonchev–Trinajstić information content (AvgIpc) is 2.63. The van der Waals surface area contributed by atoms with Gasteiger partial charge in [0.25, 0.3) is 0 Å². The molecular formula is C22H47N3O. The van der Waals surface area contributed by atoms with Crippen LogP contribution in [0.3, 0.4) is 0 Å². The third-order valence-electron chi connectivity index (χ3n) is 5.04. The molecule has 1 N–H and O–H groups in total. The Balaban J connectivity index is 3.36. The summed E-state index contributed by atoms with van der Waals surface area (Å²) in [5.74, 6) is 0.203. The van der Waals surface area contributed by atoms with Crippen LogP contribution >= 0.6 is 0 Å². The van der Waals surface area contributed by atoms with Crippen molar-refractivity contribution in [3.63, 3.8) is 0 Å². The Labute approximate surface area is 164 Å². The lowest BCUT2D eigenvalue weighted by Gasteiger charge is -2.21. The van der Waals surface area contributed by atoms with Gasteiger partial charge in [-0.25, -0.2) is 0 Å². The van der Waals surface area contributed by atoms with Crippen molar-refractivity contribution in [2.75, 3.05) is 46.8 Å². The molecule has 156 valence electrons. The summed E-state index contributed by atoms with van der Waals surface area (Å²) < 4.78 is 0. The summed E-state index contributed by atoms with van der Waals surface area (Å²) in [6.07, 6.45) is 15.2. The van der Waals surface area contributed by atoms with Crippen LogP contribution in [0.25, 0.3) is 0 Å². The first-order chi connectivity index (χ1) is 12.6. The third-order valence-corrected chi connectivity index (χ3v) is 5.04. The van der Waals surface area contributed by atoms with E-state index in [2.05, 4.69) is 43.1 Å². The minimum Gasteiger partial charge on any atom is -0.356 e. The molecule has 0 aromatic rings. The number of amides is 1. The van der Waals surface area contributed by atoms with E-state index in [0.29, 0.717) is 6.42 Å². The molecule has 0 rings (SSSR count). The van der Waals surface area contributed by atoms with Crippen LogP contribution < -0.4 is 5.32 Å². The molecule has 26 heavy (non-hydrogen) atoms. The summed E-state index contributed by atoms with van der Waals surface area (Å²) in [6, 6.07) is 0. The molecule has 0 heterocycles. The fourth-order valence-corrected chi connectivity index (χ4v) is 3.17. The van der Waals surface area contributed by atoms with Crippen molar-refractivity contribution < 1.29 is 4.79 Å². The van der Waals surface area contributed by atoms with Gasteiger partial charge in [-0.05, 0) is 33.5 Å². The Bertz CT molecular complexity index is 310. The van der Waals surface area contributed by atoms with Crippen LogP contribution in [0.15, 0.2) is 0 Å². The molecule has 4 nitrogen and oxygen atoms in total.